The largest absolute Gasteiger partial charge is 0.496 e. The van der Waals surface area contributed by atoms with Crippen LogP contribution in [0.1, 0.15) is 36.8 Å². The Balaban J connectivity index is 1.97. The lowest BCUT2D eigenvalue weighted by Crippen LogP contribution is -2.41. The molecule has 0 radical (unpaired) electrons. The minimum absolute atomic E-state index is 0.238. The zero-order valence-electron chi connectivity index (χ0n) is 15.4. The molecule has 138 valence electrons. The number of carbonyl (C=O) groups is 2. The number of amides is 3. The van der Waals surface area contributed by atoms with E-state index in [2.05, 4.69) is 20.9 Å². The number of methoxy groups -OCH3 is 1. The number of pyridine rings is 1. The predicted molar refractivity (Wildman–Crippen MR) is 100 cm³/mol. The normalized spacial score (nSPS) is 10.8. The molecule has 0 aliphatic rings. The first-order chi connectivity index (χ1) is 12.3. The summed E-state index contributed by atoms with van der Waals surface area (Å²) >= 11 is 0. The van der Waals surface area contributed by atoms with E-state index in [1.807, 2.05) is 45.0 Å². The number of ether oxygens (including phenoxy) is 1. The smallest absolute Gasteiger partial charge is 0.319 e. The molecule has 2 rings (SSSR count). The van der Waals surface area contributed by atoms with Gasteiger partial charge in [0.05, 0.1) is 7.11 Å². The van der Waals surface area contributed by atoms with E-state index in [1.54, 1.807) is 13.2 Å². The van der Waals surface area contributed by atoms with Gasteiger partial charge in [-0.25, -0.2) is 4.79 Å². The topological polar surface area (TPSA) is 92.3 Å². The quantitative estimate of drug-likeness (QED) is 0.768. The van der Waals surface area contributed by atoms with Gasteiger partial charge in [0.15, 0.2) is 0 Å². The van der Waals surface area contributed by atoms with E-state index in [0.717, 1.165) is 5.56 Å². The summed E-state index contributed by atoms with van der Waals surface area (Å²) in [5, 5.41) is 8.29. The molecule has 3 N–H and O–H groups in total. The maximum Gasteiger partial charge on any atom is 0.319 e. The van der Waals surface area contributed by atoms with Crippen molar-refractivity contribution in [3.8, 4) is 5.75 Å². The summed E-state index contributed by atoms with van der Waals surface area (Å²) in [6.45, 7) is 5.98. The SMILES string of the molecule is COc1ccccc1CNC(=O)Nc1ccnc(C(=O)NC(C)(C)C)c1. The molecule has 3 amide bonds. The van der Waals surface area contributed by atoms with Gasteiger partial charge in [0.2, 0.25) is 0 Å². The summed E-state index contributed by atoms with van der Waals surface area (Å²) in [4.78, 5) is 28.3. The van der Waals surface area contributed by atoms with Crippen molar-refractivity contribution in [3.63, 3.8) is 0 Å². The molecule has 1 heterocycles. The van der Waals surface area contributed by atoms with Crippen molar-refractivity contribution >= 4 is 17.6 Å². The molecule has 0 spiro atoms. The first-order valence-electron chi connectivity index (χ1n) is 8.24. The van der Waals surface area contributed by atoms with Crippen LogP contribution in [0.15, 0.2) is 42.6 Å². The Morgan fingerprint density at radius 2 is 1.88 bits per heavy atom. The lowest BCUT2D eigenvalue weighted by Gasteiger charge is -2.20. The Kier molecular flexibility index (Phi) is 6.16. The highest BCUT2D eigenvalue weighted by atomic mass is 16.5. The predicted octanol–water partition coefficient (Wildman–Crippen LogP) is 2.94. The van der Waals surface area contributed by atoms with Crippen molar-refractivity contribution in [1.82, 2.24) is 15.6 Å². The summed E-state index contributed by atoms with van der Waals surface area (Å²) in [5.74, 6) is 0.411. The van der Waals surface area contributed by atoms with Gasteiger partial charge in [-0.3, -0.25) is 9.78 Å². The highest BCUT2D eigenvalue weighted by Crippen LogP contribution is 2.16. The van der Waals surface area contributed by atoms with Crippen molar-refractivity contribution in [2.75, 3.05) is 12.4 Å². The van der Waals surface area contributed by atoms with E-state index in [1.165, 1.54) is 12.3 Å². The zero-order chi connectivity index (χ0) is 19.2. The molecule has 0 saturated heterocycles. The molecule has 0 aliphatic heterocycles. The second-order valence-corrected chi connectivity index (χ2v) is 6.75. The molecule has 2 aromatic rings. The van der Waals surface area contributed by atoms with E-state index in [4.69, 9.17) is 4.74 Å². The van der Waals surface area contributed by atoms with Gasteiger partial charge in [-0.2, -0.15) is 0 Å². The number of benzene rings is 1. The van der Waals surface area contributed by atoms with Gasteiger partial charge in [0.1, 0.15) is 11.4 Å². The average Bonchev–Trinajstić information content (AvgIpc) is 2.59. The molecule has 7 heteroatoms. The molecule has 26 heavy (non-hydrogen) atoms. The average molecular weight is 356 g/mol. The van der Waals surface area contributed by atoms with Crippen LogP contribution in [0.25, 0.3) is 0 Å². The molecule has 0 atom stereocenters. The third-order valence-electron chi connectivity index (χ3n) is 3.37. The second-order valence-electron chi connectivity index (χ2n) is 6.75. The van der Waals surface area contributed by atoms with Gasteiger partial charge in [-0.15, -0.1) is 0 Å². The van der Waals surface area contributed by atoms with E-state index < -0.39 is 0 Å². The van der Waals surface area contributed by atoms with Crippen LogP contribution >= 0.6 is 0 Å². The summed E-state index contributed by atoms with van der Waals surface area (Å²) < 4.78 is 5.25. The molecular weight excluding hydrogens is 332 g/mol. The van der Waals surface area contributed by atoms with E-state index in [-0.39, 0.29) is 23.2 Å². The summed E-state index contributed by atoms with van der Waals surface area (Å²) in [5.41, 5.74) is 1.22. The Hall–Kier alpha value is -3.09. The molecule has 0 bridgehead atoms. The van der Waals surface area contributed by atoms with Crippen LogP contribution in [-0.4, -0.2) is 29.6 Å². The highest BCUT2D eigenvalue weighted by molar-refractivity contribution is 5.95. The van der Waals surface area contributed by atoms with Gasteiger partial charge >= 0.3 is 6.03 Å². The zero-order valence-corrected chi connectivity index (χ0v) is 15.4. The van der Waals surface area contributed by atoms with Crippen LogP contribution in [0.3, 0.4) is 0 Å². The minimum atomic E-state index is -0.385. The maximum absolute atomic E-state index is 12.2. The van der Waals surface area contributed by atoms with Crippen molar-refractivity contribution in [2.45, 2.75) is 32.9 Å². The van der Waals surface area contributed by atoms with Crippen LogP contribution in [0.2, 0.25) is 0 Å². The fourth-order valence-corrected chi connectivity index (χ4v) is 2.24. The van der Waals surface area contributed by atoms with Gasteiger partial charge in [0, 0.05) is 29.5 Å². The molecular formula is C19H24N4O3. The monoisotopic (exact) mass is 356 g/mol. The Morgan fingerprint density at radius 1 is 1.15 bits per heavy atom. The van der Waals surface area contributed by atoms with Crippen molar-refractivity contribution in [2.24, 2.45) is 0 Å². The van der Waals surface area contributed by atoms with Gasteiger partial charge in [-0.05, 0) is 39.0 Å². The number of para-hydroxylation sites is 1. The van der Waals surface area contributed by atoms with Crippen molar-refractivity contribution in [1.29, 1.82) is 0 Å². The number of hydrogen-bond acceptors (Lipinski definition) is 4. The number of carbonyl (C=O) groups excluding carboxylic acids is 2. The molecule has 0 fully saturated rings. The Labute approximate surface area is 153 Å². The number of anilines is 1. The molecule has 0 unspecified atom stereocenters. The number of nitrogens with zero attached hydrogens (tertiary/aromatic N) is 1. The van der Waals surface area contributed by atoms with Crippen molar-refractivity contribution < 1.29 is 14.3 Å². The third-order valence-corrected chi connectivity index (χ3v) is 3.37. The summed E-state index contributed by atoms with van der Waals surface area (Å²) in [6, 6.07) is 10.2. The lowest BCUT2D eigenvalue weighted by molar-refractivity contribution is 0.0914. The van der Waals surface area contributed by atoms with E-state index in [0.29, 0.717) is 18.0 Å². The lowest BCUT2D eigenvalue weighted by atomic mass is 10.1. The second kappa shape index (κ2) is 8.33. The molecule has 7 nitrogen and oxygen atoms in total. The number of aromatic nitrogens is 1. The van der Waals surface area contributed by atoms with E-state index in [9.17, 15) is 9.59 Å². The first-order valence-corrected chi connectivity index (χ1v) is 8.24. The molecule has 0 saturated carbocycles. The maximum atomic E-state index is 12.2. The Bertz CT molecular complexity index is 784. The van der Waals surface area contributed by atoms with E-state index >= 15 is 0 Å². The number of urea groups is 1. The standard InChI is InChI=1S/C19H24N4O3/c1-19(2,3)23-17(24)15-11-14(9-10-20-15)22-18(25)21-12-13-7-5-6-8-16(13)26-4/h5-11H,12H2,1-4H3,(H,23,24)(H2,20,21,22,25). The van der Waals surface area contributed by atoms with Crippen LogP contribution in [-0.2, 0) is 6.54 Å². The number of nitrogens with one attached hydrogen (secondary N) is 3. The number of rotatable bonds is 5. The third kappa shape index (κ3) is 5.77. The molecule has 0 aliphatic carbocycles. The Morgan fingerprint density at radius 3 is 2.58 bits per heavy atom. The van der Waals surface area contributed by atoms with Gasteiger partial charge in [0.25, 0.3) is 5.91 Å². The molecule has 1 aromatic carbocycles. The fourth-order valence-electron chi connectivity index (χ4n) is 2.24. The summed E-state index contributed by atoms with van der Waals surface area (Å²) in [7, 11) is 1.58. The van der Waals surface area contributed by atoms with Crippen molar-refractivity contribution in [3.05, 3.63) is 53.9 Å². The van der Waals surface area contributed by atoms with Crippen LogP contribution in [0.4, 0.5) is 10.5 Å². The summed E-state index contributed by atoms with van der Waals surface area (Å²) in [6.07, 6.45) is 1.48. The van der Waals surface area contributed by atoms with Gasteiger partial charge in [-0.1, -0.05) is 18.2 Å². The highest BCUT2D eigenvalue weighted by Gasteiger charge is 2.16. The van der Waals surface area contributed by atoms with Gasteiger partial charge < -0.3 is 20.7 Å². The minimum Gasteiger partial charge on any atom is -0.496 e. The molecule has 1 aromatic heterocycles. The van der Waals surface area contributed by atoms with Crippen LogP contribution in [0.5, 0.6) is 5.75 Å². The fraction of sp³-hybridized carbons (Fsp3) is 0.316. The van der Waals surface area contributed by atoms with Crippen LogP contribution in [0, 0.1) is 0 Å². The van der Waals surface area contributed by atoms with Crippen LogP contribution < -0.4 is 20.7 Å². The number of hydrogen-bond donors (Lipinski definition) is 3. The first kappa shape index (κ1) is 19.2.